The van der Waals surface area contributed by atoms with Crippen molar-refractivity contribution in [2.24, 2.45) is 0 Å². The van der Waals surface area contributed by atoms with Gasteiger partial charge >= 0.3 is 0 Å². The summed E-state index contributed by atoms with van der Waals surface area (Å²) in [6.45, 7) is 2.50. The van der Waals surface area contributed by atoms with E-state index in [9.17, 15) is 9.59 Å². The molecule has 6 nitrogen and oxygen atoms in total. The van der Waals surface area contributed by atoms with Crippen molar-refractivity contribution in [3.63, 3.8) is 0 Å². The van der Waals surface area contributed by atoms with Crippen LogP contribution in [0.4, 0.5) is 11.4 Å². The van der Waals surface area contributed by atoms with Crippen molar-refractivity contribution >= 4 is 35.0 Å². The summed E-state index contributed by atoms with van der Waals surface area (Å²) in [5, 5.41) is 5.54. The number of nitrogens with zero attached hydrogens (tertiary/aromatic N) is 1. The predicted molar refractivity (Wildman–Crippen MR) is 117 cm³/mol. The van der Waals surface area contributed by atoms with Crippen molar-refractivity contribution < 1.29 is 14.0 Å². The Kier molecular flexibility index (Phi) is 6.09. The number of anilines is 2. The van der Waals surface area contributed by atoms with E-state index in [1.807, 2.05) is 24.3 Å². The first-order valence-corrected chi connectivity index (χ1v) is 10.7. The summed E-state index contributed by atoms with van der Waals surface area (Å²) in [5.74, 6) is 0.260. The van der Waals surface area contributed by atoms with E-state index in [-0.39, 0.29) is 18.2 Å². The molecule has 7 heteroatoms. The van der Waals surface area contributed by atoms with Crippen LogP contribution in [0.25, 0.3) is 0 Å². The minimum atomic E-state index is -0.621. The Morgan fingerprint density at radius 3 is 2.30 bits per heavy atom. The molecule has 2 heterocycles. The first-order valence-electron chi connectivity index (χ1n) is 9.85. The van der Waals surface area contributed by atoms with E-state index in [1.165, 1.54) is 9.79 Å². The van der Waals surface area contributed by atoms with Gasteiger partial charge in [0.1, 0.15) is 11.8 Å². The van der Waals surface area contributed by atoms with Crippen LogP contribution in [0.15, 0.2) is 81.1 Å². The van der Waals surface area contributed by atoms with E-state index in [0.29, 0.717) is 18.8 Å². The average molecular weight is 422 g/mol. The summed E-state index contributed by atoms with van der Waals surface area (Å²) in [4.78, 5) is 29.2. The molecule has 2 amide bonds. The minimum Gasteiger partial charge on any atom is -0.467 e. The Balaban J connectivity index is 1.35. The second kappa shape index (κ2) is 9.09. The number of para-hydroxylation sites is 2. The Bertz CT molecular complexity index is 990. The Morgan fingerprint density at radius 1 is 1.00 bits per heavy atom. The number of nitrogens with one attached hydrogen (secondary N) is 2. The Labute approximate surface area is 179 Å². The SMILES string of the molecule is CC(NC(=O)CCN1c2ccccc2Sc2ccccc21)C(=O)NCc1ccco1. The molecule has 1 aromatic heterocycles. The summed E-state index contributed by atoms with van der Waals surface area (Å²) < 4.78 is 5.20. The average Bonchev–Trinajstić information content (AvgIpc) is 3.28. The summed E-state index contributed by atoms with van der Waals surface area (Å²) in [7, 11) is 0. The third-order valence-electron chi connectivity index (χ3n) is 4.88. The molecule has 1 atom stereocenters. The molecule has 0 radical (unpaired) electrons. The molecule has 0 bridgehead atoms. The third-order valence-corrected chi connectivity index (χ3v) is 6.01. The van der Waals surface area contributed by atoms with Crippen LogP contribution in [0, 0.1) is 0 Å². The maximum absolute atomic E-state index is 12.5. The fourth-order valence-electron chi connectivity index (χ4n) is 3.36. The molecule has 2 aromatic carbocycles. The molecule has 4 rings (SSSR count). The topological polar surface area (TPSA) is 74.6 Å². The fraction of sp³-hybridized carbons (Fsp3) is 0.217. The number of hydrogen-bond donors (Lipinski definition) is 2. The Hall–Kier alpha value is -3.19. The van der Waals surface area contributed by atoms with E-state index in [1.54, 1.807) is 37.1 Å². The lowest BCUT2D eigenvalue weighted by Gasteiger charge is -2.32. The van der Waals surface area contributed by atoms with Crippen LogP contribution in [-0.2, 0) is 16.1 Å². The summed E-state index contributed by atoms with van der Waals surface area (Å²) in [6.07, 6.45) is 1.84. The highest BCUT2D eigenvalue weighted by Gasteiger charge is 2.23. The van der Waals surface area contributed by atoms with Crippen LogP contribution in [0.3, 0.4) is 0 Å². The van der Waals surface area contributed by atoms with Crippen LogP contribution in [-0.4, -0.2) is 24.4 Å². The van der Waals surface area contributed by atoms with E-state index in [2.05, 4.69) is 39.8 Å². The van der Waals surface area contributed by atoms with Crippen molar-refractivity contribution in [3.05, 3.63) is 72.7 Å². The normalized spacial score (nSPS) is 13.2. The first-order chi connectivity index (χ1) is 14.6. The molecule has 1 unspecified atom stereocenters. The first kappa shape index (κ1) is 20.1. The van der Waals surface area contributed by atoms with E-state index < -0.39 is 6.04 Å². The molecule has 3 aromatic rings. The van der Waals surface area contributed by atoms with Crippen LogP contribution < -0.4 is 15.5 Å². The minimum absolute atomic E-state index is 0.163. The van der Waals surface area contributed by atoms with Crippen molar-refractivity contribution in [2.45, 2.75) is 35.7 Å². The maximum Gasteiger partial charge on any atom is 0.242 e. The second-order valence-electron chi connectivity index (χ2n) is 7.03. The molecule has 1 aliphatic heterocycles. The van der Waals surface area contributed by atoms with Gasteiger partial charge in [-0.2, -0.15) is 0 Å². The number of benzene rings is 2. The smallest absolute Gasteiger partial charge is 0.242 e. The molecule has 0 saturated carbocycles. The van der Waals surface area contributed by atoms with Gasteiger partial charge in [-0.05, 0) is 43.3 Å². The van der Waals surface area contributed by atoms with Gasteiger partial charge in [-0.3, -0.25) is 9.59 Å². The van der Waals surface area contributed by atoms with Gasteiger partial charge < -0.3 is 20.0 Å². The van der Waals surface area contributed by atoms with Crippen molar-refractivity contribution in [3.8, 4) is 0 Å². The second-order valence-corrected chi connectivity index (χ2v) is 8.11. The van der Waals surface area contributed by atoms with Crippen LogP contribution in [0.5, 0.6) is 0 Å². The molecule has 0 saturated heterocycles. The number of fused-ring (bicyclic) bond motifs is 2. The molecule has 2 N–H and O–H groups in total. The van der Waals surface area contributed by atoms with Crippen molar-refractivity contribution in [1.29, 1.82) is 0 Å². The van der Waals surface area contributed by atoms with Gasteiger partial charge in [0.2, 0.25) is 11.8 Å². The number of carbonyl (C=O) groups is 2. The molecular formula is C23H23N3O3S. The zero-order valence-corrected chi connectivity index (χ0v) is 17.4. The molecule has 30 heavy (non-hydrogen) atoms. The maximum atomic E-state index is 12.5. The number of carbonyl (C=O) groups excluding carboxylic acids is 2. The molecular weight excluding hydrogens is 398 g/mol. The quantitative estimate of drug-likeness (QED) is 0.601. The summed E-state index contributed by atoms with van der Waals surface area (Å²) >= 11 is 1.74. The summed E-state index contributed by atoms with van der Waals surface area (Å²) in [6, 6.07) is 19.3. The largest absolute Gasteiger partial charge is 0.467 e. The summed E-state index contributed by atoms with van der Waals surface area (Å²) in [5.41, 5.74) is 2.19. The van der Waals surface area contributed by atoms with Gasteiger partial charge in [-0.1, -0.05) is 36.0 Å². The Morgan fingerprint density at radius 2 is 1.67 bits per heavy atom. The van der Waals surface area contributed by atoms with E-state index in [0.717, 1.165) is 11.4 Å². The van der Waals surface area contributed by atoms with Gasteiger partial charge in [-0.15, -0.1) is 0 Å². The van der Waals surface area contributed by atoms with Gasteiger partial charge in [0.25, 0.3) is 0 Å². The highest BCUT2D eigenvalue weighted by molar-refractivity contribution is 7.99. The molecule has 1 aliphatic rings. The van der Waals surface area contributed by atoms with Crippen LogP contribution >= 0.6 is 11.8 Å². The third kappa shape index (κ3) is 4.52. The van der Waals surface area contributed by atoms with Crippen molar-refractivity contribution in [2.75, 3.05) is 11.4 Å². The molecule has 0 aliphatic carbocycles. The predicted octanol–water partition coefficient (Wildman–Crippen LogP) is 4.09. The number of hydrogen-bond acceptors (Lipinski definition) is 5. The molecule has 0 spiro atoms. The van der Waals surface area contributed by atoms with Crippen LogP contribution in [0.1, 0.15) is 19.1 Å². The standard InChI is InChI=1S/C23H23N3O3S/c1-16(23(28)24-15-17-7-6-14-29-17)25-22(27)12-13-26-18-8-2-4-10-20(18)30-21-11-5-3-9-19(21)26/h2-11,14,16H,12-13,15H2,1H3,(H,24,28)(H,25,27). The zero-order valence-electron chi connectivity index (χ0n) is 16.6. The number of rotatable bonds is 7. The van der Waals surface area contributed by atoms with Gasteiger partial charge in [0, 0.05) is 22.8 Å². The lowest BCUT2D eigenvalue weighted by atomic mass is 10.2. The van der Waals surface area contributed by atoms with Gasteiger partial charge in [0.05, 0.1) is 24.2 Å². The molecule has 0 fully saturated rings. The monoisotopic (exact) mass is 421 g/mol. The van der Waals surface area contributed by atoms with Gasteiger partial charge in [0.15, 0.2) is 0 Å². The lowest BCUT2D eigenvalue weighted by molar-refractivity contribution is -0.128. The number of amides is 2. The van der Waals surface area contributed by atoms with Gasteiger partial charge in [-0.25, -0.2) is 0 Å². The fourth-order valence-corrected chi connectivity index (χ4v) is 4.45. The zero-order chi connectivity index (χ0) is 20.9. The van der Waals surface area contributed by atoms with E-state index >= 15 is 0 Å². The highest BCUT2D eigenvalue weighted by atomic mass is 32.2. The number of furan rings is 1. The highest BCUT2D eigenvalue weighted by Crippen LogP contribution is 2.47. The van der Waals surface area contributed by atoms with Crippen LogP contribution in [0.2, 0.25) is 0 Å². The van der Waals surface area contributed by atoms with E-state index in [4.69, 9.17) is 4.42 Å². The lowest BCUT2D eigenvalue weighted by Crippen LogP contribution is -2.45. The van der Waals surface area contributed by atoms with Crippen molar-refractivity contribution in [1.82, 2.24) is 10.6 Å². The molecule has 154 valence electrons.